The van der Waals surface area contributed by atoms with Gasteiger partial charge in [-0.1, -0.05) is 17.7 Å². The first kappa shape index (κ1) is 16.1. The minimum atomic E-state index is -0.292. The highest BCUT2D eigenvalue weighted by atomic mass is 35.5. The van der Waals surface area contributed by atoms with Crippen molar-refractivity contribution >= 4 is 23.2 Å². The van der Waals surface area contributed by atoms with Crippen LogP contribution >= 0.6 is 11.6 Å². The number of imidazole rings is 1. The van der Waals surface area contributed by atoms with E-state index in [9.17, 15) is 4.79 Å². The number of methoxy groups -OCH3 is 2. The quantitative estimate of drug-likeness (QED) is 0.772. The molecule has 3 rings (SSSR count). The average molecular weight is 346 g/mol. The van der Waals surface area contributed by atoms with E-state index in [1.807, 2.05) is 16.7 Å². The number of hydrogen-bond donors (Lipinski definition) is 1. The molecule has 0 unspecified atom stereocenters. The summed E-state index contributed by atoms with van der Waals surface area (Å²) in [6, 6.07) is 8.78. The third-order valence-corrected chi connectivity index (χ3v) is 3.77. The molecule has 6 nitrogen and oxygen atoms in total. The third kappa shape index (κ3) is 3.14. The van der Waals surface area contributed by atoms with Gasteiger partial charge in [-0.2, -0.15) is 0 Å². The van der Waals surface area contributed by atoms with Gasteiger partial charge in [0, 0.05) is 12.4 Å². The molecule has 24 heavy (non-hydrogen) atoms. The smallest absolute Gasteiger partial charge is 0.259 e. The van der Waals surface area contributed by atoms with Gasteiger partial charge in [-0.3, -0.25) is 4.79 Å². The molecule has 2 aromatic heterocycles. The first-order valence-corrected chi connectivity index (χ1v) is 7.62. The number of nitrogens with zero attached hydrogens (tertiary/aromatic N) is 2. The summed E-state index contributed by atoms with van der Waals surface area (Å²) in [4.78, 5) is 17.0. The highest BCUT2D eigenvalue weighted by Crippen LogP contribution is 2.28. The number of ether oxygens (including phenoxy) is 2. The van der Waals surface area contributed by atoms with Crippen LogP contribution in [-0.2, 0) is 6.54 Å². The number of nitrogens with one attached hydrogen (secondary N) is 1. The number of aromatic nitrogens is 2. The predicted molar refractivity (Wildman–Crippen MR) is 90.9 cm³/mol. The Hall–Kier alpha value is -2.73. The van der Waals surface area contributed by atoms with Crippen LogP contribution < -0.4 is 14.8 Å². The Morgan fingerprint density at radius 2 is 1.88 bits per heavy atom. The van der Waals surface area contributed by atoms with Crippen molar-refractivity contribution in [2.75, 3.05) is 14.2 Å². The van der Waals surface area contributed by atoms with Gasteiger partial charge in [-0.15, -0.1) is 0 Å². The molecule has 0 atom stereocenters. The molecule has 124 valence electrons. The molecule has 0 aliphatic rings. The van der Waals surface area contributed by atoms with Crippen molar-refractivity contribution in [1.82, 2.24) is 14.7 Å². The number of halogens is 1. The summed E-state index contributed by atoms with van der Waals surface area (Å²) in [5, 5.41) is 3.45. The van der Waals surface area contributed by atoms with E-state index < -0.39 is 0 Å². The lowest BCUT2D eigenvalue weighted by atomic mass is 10.1. The summed E-state index contributed by atoms with van der Waals surface area (Å²) in [6.45, 7) is 0.277. The Morgan fingerprint density at radius 3 is 2.54 bits per heavy atom. The number of benzene rings is 1. The fourth-order valence-corrected chi connectivity index (χ4v) is 2.60. The van der Waals surface area contributed by atoms with Gasteiger partial charge in [0.05, 0.1) is 31.5 Å². The highest BCUT2D eigenvalue weighted by Gasteiger charge is 2.18. The third-order valence-electron chi connectivity index (χ3n) is 3.55. The number of rotatable bonds is 5. The Morgan fingerprint density at radius 1 is 1.17 bits per heavy atom. The van der Waals surface area contributed by atoms with Crippen molar-refractivity contribution in [3.63, 3.8) is 0 Å². The Labute approximate surface area is 144 Å². The van der Waals surface area contributed by atoms with Gasteiger partial charge in [-0.05, 0) is 24.3 Å². The van der Waals surface area contributed by atoms with E-state index in [2.05, 4.69) is 10.3 Å². The fraction of sp³-hybridized carbons (Fsp3) is 0.176. The van der Waals surface area contributed by atoms with Gasteiger partial charge in [0.1, 0.15) is 22.7 Å². The monoisotopic (exact) mass is 345 g/mol. The largest absolute Gasteiger partial charge is 0.496 e. The zero-order valence-electron chi connectivity index (χ0n) is 13.2. The lowest BCUT2D eigenvalue weighted by Gasteiger charge is -2.12. The van der Waals surface area contributed by atoms with Gasteiger partial charge in [0.15, 0.2) is 0 Å². The van der Waals surface area contributed by atoms with E-state index in [4.69, 9.17) is 21.1 Å². The Balaban J connectivity index is 1.80. The predicted octanol–water partition coefficient (Wildman–Crippen LogP) is 2.93. The number of carbonyl (C=O) groups excluding carboxylic acids is 1. The molecular weight excluding hydrogens is 330 g/mol. The van der Waals surface area contributed by atoms with E-state index in [0.29, 0.717) is 22.1 Å². The SMILES string of the molecule is COc1cccc(OC)c1C(=O)NCc1cn2cc(Cl)ccc2n1. The number of carbonyl (C=O) groups is 1. The van der Waals surface area contributed by atoms with E-state index >= 15 is 0 Å². The minimum absolute atomic E-state index is 0.277. The van der Waals surface area contributed by atoms with Crippen LogP contribution in [0.15, 0.2) is 42.7 Å². The van der Waals surface area contributed by atoms with Crippen LogP contribution in [-0.4, -0.2) is 29.5 Å². The zero-order valence-corrected chi connectivity index (χ0v) is 14.0. The summed E-state index contributed by atoms with van der Waals surface area (Å²) in [7, 11) is 3.02. The van der Waals surface area contributed by atoms with Crippen LogP contribution in [0.2, 0.25) is 5.02 Å². The molecule has 7 heteroatoms. The second kappa shape index (κ2) is 6.80. The standard InChI is InChI=1S/C17H16ClN3O3/c1-23-13-4-3-5-14(24-2)16(13)17(22)19-8-12-10-21-9-11(18)6-7-15(21)20-12/h3-7,9-10H,8H2,1-2H3,(H,19,22). The number of pyridine rings is 1. The van der Waals surface area contributed by atoms with Crippen molar-refractivity contribution in [3.8, 4) is 11.5 Å². The normalized spacial score (nSPS) is 10.6. The number of fused-ring (bicyclic) bond motifs is 1. The maximum Gasteiger partial charge on any atom is 0.259 e. The molecule has 1 amide bonds. The molecule has 0 fully saturated rings. The molecule has 2 heterocycles. The van der Waals surface area contributed by atoms with E-state index in [0.717, 1.165) is 11.3 Å². The molecule has 0 spiro atoms. The summed E-state index contributed by atoms with van der Waals surface area (Å²) in [5.74, 6) is 0.613. The van der Waals surface area contributed by atoms with Crippen molar-refractivity contribution in [3.05, 3.63) is 59.0 Å². The Bertz CT molecular complexity index is 870. The maximum atomic E-state index is 12.5. The fourth-order valence-electron chi connectivity index (χ4n) is 2.44. The van der Waals surface area contributed by atoms with Crippen LogP contribution in [0.5, 0.6) is 11.5 Å². The number of amides is 1. The second-order valence-corrected chi connectivity index (χ2v) is 5.50. The van der Waals surface area contributed by atoms with Crippen LogP contribution in [0.25, 0.3) is 5.65 Å². The molecule has 0 radical (unpaired) electrons. The zero-order chi connectivity index (χ0) is 17.1. The maximum absolute atomic E-state index is 12.5. The molecule has 0 bridgehead atoms. The first-order valence-electron chi connectivity index (χ1n) is 7.24. The topological polar surface area (TPSA) is 64.9 Å². The van der Waals surface area contributed by atoms with Gasteiger partial charge in [0.2, 0.25) is 0 Å². The van der Waals surface area contributed by atoms with Crippen LogP contribution in [0.4, 0.5) is 0 Å². The van der Waals surface area contributed by atoms with Crippen LogP contribution in [0, 0.1) is 0 Å². The van der Waals surface area contributed by atoms with E-state index in [-0.39, 0.29) is 12.5 Å². The summed E-state index contributed by atoms with van der Waals surface area (Å²) in [5.41, 5.74) is 1.84. The van der Waals surface area contributed by atoms with E-state index in [1.165, 1.54) is 14.2 Å². The van der Waals surface area contributed by atoms with Crippen LogP contribution in [0.3, 0.4) is 0 Å². The van der Waals surface area contributed by atoms with E-state index in [1.54, 1.807) is 30.5 Å². The van der Waals surface area contributed by atoms with Crippen molar-refractivity contribution in [1.29, 1.82) is 0 Å². The van der Waals surface area contributed by atoms with Gasteiger partial charge in [-0.25, -0.2) is 4.98 Å². The molecule has 0 saturated heterocycles. The summed E-state index contributed by atoms with van der Waals surface area (Å²) in [6.07, 6.45) is 3.58. The molecule has 0 saturated carbocycles. The average Bonchev–Trinajstić information content (AvgIpc) is 3.00. The molecule has 0 aliphatic carbocycles. The lowest BCUT2D eigenvalue weighted by Crippen LogP contribution is -2.24. The van der Waals surface area contributed by atoms with Gasteiger partial charge < -0.3 is 19.2 Å². The number of hydrogen-bond acceptors (Lipinski definition) is 4. The van der Waals surface area contributed by atoms with Crippen molar-refractivity contribution in [2.45, 2.75) is 6.54 Å². The van der Waals surface area contributed by atoms with Gasteiger partial charge >= 0.3 is 0 Å². The lowest BCUT2D eigenvalue weighted by molar-refractivity contribution is 0.0944. The molecule has 0 aliphatic heterocycles. The highest BCUT2D eigenvalue weighted by molar-refractivity contribution is 6.30. The Kier molecular flexibility index (Phi) is 4.57. The molecule has 3 aromatic rings. The summed E-state index contributed by atoms with van der Waals surface area (Å²) >= 11 is 5.96. The first-order chi connectivity index (χ1) is 11.6. The molecule has 1 N–H and O–H groups in total. The van der Waals surface area contributed by atoms with Crippen molar-refractivity contribution < 1.29 is 14.3 Å². The summed E-state index contributed by atoms with van der Waals surface area (Å²) < 4.78 is 12.3. The molecule has 1 aromatic carbocycles. The minimum Gasteiger partial charge on any atom is -0.496 e. The van der Waals surface area contributed by atoms with Crippen LogP contribution in [0.1, 0.15) is 16.1 Å². The molecular formula is C17H16ClN3O3. The van der Waals surface area contributed by atoms with Crippen molar-refractivity contribution in [2.24, 2.45) is 0 Å². The second-order valence-electron chi connectivity index (χ2n) is 5.07. The van der Waals surface area contributed by atoms with Gasteiger partial charge in [0.25, 0.3) is 5.91 Å².